The molecule has 1 unspecified atom stereocenters. The molecule has 26 heavy (non-hydrogen) atoms. The van der Waals surface area contributed by atoms with E-state index in [1.807, 2.05) is 0 Å². The summed E-state index contributed by atoms with van der Waals surface area (Å²) in [6.07, 6.45) is 20.9. The minimum atomic E-state index is -1.03. The van der Waals surface area contributed by atoms with Gasteiger partial charge in [0.1, 0.15) is 6.04 Å². The van der Waals surface area contributed by atoms with E-state index in [1.54, 1.807) is 0 Å². The molecule has 0 bridgehead atoms. The van der Waals surface area contributed by atoms with Crippen molar-refractivity contribution in [1.29, 1.82) is 0 Å². The van der Waals surface area contributed by atoms with Gasteiger partial charge in [-0.05, 0) is 32.1 Å². The van der Waals surface area contributed by atoms with Crippen LogP contribution in [-0.2, 0) is 9.59 Å². The fraction of sp³-hybridized carbons (Fsp3) is 0.810. The molecule has 4 nitrogen and oxygen atoms in total. The molecule has 0 fully saturated rings. The van der Waals surface area contributed by atoms with Gasteiger partial charge in [0.15, 0.2) is 0 Å². The Hall–Kier alpha value is -0.970. The number of carbonyl (C=O) groups is 2. The smallest absolute Gasteiger partial charge is 0.327 e. The summed E-state index contributed by atoms with van der Waals surface area (Å²) in [4.78, 5) is 22.4. The Morgan fingerprint density at radius 2 is 1.38 bits per heavy atom. The predicted octanol–water partition coefficient (Wildman–Crippen LogP) is 5.52. The second-order valence-electron chi connectivity index (χ2n) is 6.98. The highest BCUT2D eigenvalue weighted by atomic mass is 32.1. The quantitative estimate of drug-likeness (QED) is 0.165. The van der Waals surface area contributed by atoms with Gasteiger partial charge >= 0.3 is 5.97 Å². The molecule has 0 aliphatic carbocycles. The van der Waals surface area contributed by atoms with Gasteiger partial charge < -0.3 is 10.4 Å². The van der Waals surface area contributed by atoms with E-state index in [1.165, 1.54) is 57.8 Å². The van der Waals surface area contributed by atoms with E-state index in [0.29, 0.717) is 6.42 Å². The molecule has 0 radical (unpaired) electrons. The second-order valence-corrected chi connectivity index (χ2v) is 7.34. The van der Waals surface area contributed by atoms with E-state index in [0.717, 1.165) is 25.7 Å². The lowest BCUT2D eigenvalue weighted by atomic mass is 10.1. The highest BCUT2D eigenvalue weighted by molar-refractivity contribution is 7.80. The van der Waals surface area contributed by atoms with Crippen molar-refractivity contribution >= 4 is 24.5 Å². The van der Waals surface area contributed by atoms with Crippen LogP contribution in [0.2, 0.25) is 0 Å². The topological polar surface area (TPSA) is 66.4 Å². The molecular formula is C21H39NO3S. The maximum Gasteiger partial charge on any atom is 0.327 e. The molecule has 0 saturated carbocycles. The van der Waals surface area contributed by atoms with Crippen molar-refractivity contribution in [2.24, 2.45) is 0 Å². The molecule has 0 aliphatic rings. The van der Waals surface area contributed by atoms with Crippen LogP contribution in [0.4, 0.5) is 0 Å². The van der Waals surface area contributed by atoms with Gasteiger partial charge in [0.25, 0.3) is 0 Å². The summed E-state index contributed by atoms with van der Waals surface area (Å²) in [5, 5.41) is 11.3. The zero-order chi connectivity index (χ0) is 19.5. The number of carbonyl (C=O) groups excluding carboxylic acids is 1. The summed E-state index contributed by atoms with van der Waals surface area (Å²) < 4.78 is 0. The molecule has 0 spiro atoms. The second kappa shape index (κ2) is 18.8. The summed E-state index contributed by atoms with van der Waals surface area (Å²) in [7, 11) is 0. The molecule has 0 aliphatic heterocycles. The number of thiol groups is 1. The Morgan fingerprint density at radius 3 is 1.88 bits per heavy atom. The molecular weight excluding hydrogens is 346 g/mol. The highest BCUT2D eigenvalue weighted by Gasteiger charge is 2.17. The van der Waals surface area contributed by atoms with Gasteiger partial charge in [-0.25, -0.2) is 4.79 Å². The van der Waals surface area contributed by atoms with Crippen LogP contribution in [0, 0.1) is 0 Å². The van der Waals surface area contributed by atoms with E-state index in [2.05, 4.69) is 37.0 Å². The first kappa shape index (κ1) is 25.0. The van der Waals surface area contributed by atoms with Crippen LogP contribution in [-0.4, -0.2) is 28.8 Å². The van der Waals surface area contributed by atoms with Gasteiger partial charge in [0.05, 0.1) is 0 Å². The molecule has 1 atom stereocenters. The highest BCUT2D eigenvalue weighted by Crippen LogP contribution is 2.10. The molecule has 0 rings (SSSR count). The van der Waals surface area contributed by atoms with Crippen molar-refractivity contribution < 1.29 is 14.7 Å². The molecule has 0 saturated heterocycles. The molecule has 152 valence electrons. The largest absolute Gasteiger partial charge is 0.480 e. The molecule has 0 aromatic rings. The van der Waals surface area contributed by atoms with Gasteiger partial charge in [-0.2, -0.15) is 12.6 Å². The average molecular weight is 386 g/mol. The minimum absolute atomic E-state index is 0.119. The molecule has 1 amide bonds. The summed E-state index contributed by atoms with van der Waals surface area (Å²) in [5.74, 6) is -1.10. The number of allylic oxidation sites excluding steroid dienone is 2. The molecule has 2 N–H and O–H groups in total. The van der Waals surface area contributed by atoms with Gasteiger partial charge in [0, 0.05) is 12.2 Å². The lowest BCUT2D eigenvalue weighted by molar-refractivity contribution is -0.141. The molecule has 5 heteroatoms. The molecule has 0 aromatic heterocycles. The number of aliphatic carboxylic acids is 1. The Labute approximate surface area is 165 Å². The first-order chi connectivity index (χ1) is 12.6. The van der Waals surface area contributed by atoms with Crippen LogP contribution in [0.5, 0.6) is 0 Å². The first-order valence-electron chi connectivity index (χ1n) is 10.4. The van der Waals surface area contributed by atoms with Gasteiger partial charge in [-0.15, -0.1) is 0 Å². The summed E-state index contributed by atoms with van der Waals surface area (Å²) in [5.41, 5.74) is 0. The van der Waals surface area contributed by atoms with Crippen LogP contribution in [0.25, 0.3) is 0 Å². The number of unbranched alkanes of at least 4 members (excludes halogenated alkanes) is 11. The maximum absolute atomic E-state index is 11.6. The zero-order valence-corrected chi connectivity index (χ0v) is 17.4. The molecule has 0 aromatic carbocycles. The summed E-state index contributed by atoms with van der Waals surface area (Å²) in [6.45, 7) is 2.25. The fourth-order valence-corrected chi connectivity index (χ4v) is 3.06. The number of carboxylic acid groups (broad SMARTS) is 1. The van der Waals surface area contributed by atoms with Crippen molar-refractivity contribution in [3.63, 3.8) is 0 Å². The predicted molar refractivity (Wildman–Crippen MR) is 113 cm³/mol. The summed E-state index contributed by atoms with van der Waals surface area (Å²) in [6, 6.07) is -0.881. The lowest BCUT2D eigenvalue weighted by Gasteiger charge is -2.11. The van der Waals surface area contributed by atoms with Crippen molar-refractivity contribution in [3.8, 4) is 0 Å². The monoisotopic (exact) mass is 385 g/mol. The number of hydrogen-bond donors (Lipinski definition) is 3. The van der Waals surface area contributed by atoms with Gasteiger partial charge in [0.2, 0.25) is 5.91 Å². The third-order valence-electron chi connectivity index (χ3n) is 4.48. The number of nitrogens with one attached hydrogen (secondary N) is 1. The van der Waals surface area contributed by atoms with E-state index in [4.69, 9.17) is 5.11 Å². The Kier molecular flexibility index (Phi) is 18.1. The van der Waals surface area contributed by atoms with E-state index in [-0.39, 0.29) is 11.7 Å². The van der Waals surface area contributed by atoms with Crippen molar-refractivity contribution in [1.82, 2.24) is 5.32 Å². The minimum Gasteiger partial charge on any atom is -0.480 e. The van der Waals surface area contributed by atoms with Crippen LogP contribution >= 0.6 is 12.6 Å². The average Bonchev–Trinajstić information content (AvgIpc) is 2.62. The summed E-state index contributed by atoms with van der Waals surface area (Å²) >= 11 is 3.93. The number of amides is 1. The Bertz CT molecular complexity index is 385. The van der Waals surface area contributed by atoms with Crippen molar-refractivity contribution in [2.75, 3.05) is 5.75 Å². The lowest BCUT2D eigenvalue weighted by Crippen LogP contribution is -2.42. The number of carboxylic acids is 1. The van der Waals surface area contributed by atoms with E-state index >= 15 is 0 Å². The van der Waals surface area contributed by atoms with Crippen LogP contribution < -0.4 is 5.32 Å². The Balaban J connectivity index is 3.36. The number of hydrogen-bond acceptors (Lipinski definition) is 3. The van der Waals surface area contributed by atoms with Gasteiger partial charge in [-0.1, -0.05) is 70.4 Å². The zero-order valence-electron chi connectivity index (χ0n) is 16.5. The molecule has 0 heterocycles. The third kappa shape index (κ3) is 16.5. The third-order valence-corrected chi connectivity index (χ3v) is 4.85. The standard InChI is InChI=1S/C21H39NO3S/c1-2-3-4-5-6-7-8-9-10-11-12-13-14-15-16-17-20(23)22-19(18-26)21(24)25/h9-10,19,26H,2-8,11-18H2,1H3,(H,22,23)(H,24,25)/b10-9+. The van der Waals surface area contributed by atoms with Crippen LogP contribution in [0.1, 0.15) is 96.8 Å². The van der Waals surface area contributed by atoms with E-state index < -0.39 is 12.0 Å². The normalized spacial score (nSPS) is 12.4. The van der Waals surface area contributed by atoms with Crippen molar-refractivity contribution in [2.45, 2.75) is 103 Å². The van der Waals surface area contributed by atoms with Crippen molar-refractivity contribution in [3.05, 3.63) is 12.2 Å². The first-order valence-corrected chi connectivity index (χ1v) is 11.0. The van der Waals surface area contributed by atoms with E-state index in [9.17, 15) is 9.59 Å². The van der Waals surface area contributed by atoms with Crippen LogP contribution in [0.15, 0.2) is 12.2 Å². The maximum atomic E-state index is 11.6. The fourth-order valence-electron chi connectivity index (χ4n) is 2.81. The van der Waals surface area contributed by atoms with Crippen LogP contribution in [0.3, 0.4) is 0 Å². The Morgan fingerprint density at radius 1 is 0.885 bits per heavy atom. The number of rotatable bonds is 18. The SMILES string of the molecule is CCCCCCCC/C=C/CCCCCCCC(=O)NC(CS)C(=O)O. The van der Waals surface area contributed by atoms with Gasteiger partial charge in [-0.3, -0.25) is 4.79 Å².